The van der Waals surface area contributed by atoms with Crippen molar-refractivity contribution in [2.24, 2.45) is 0 Å². The number of sulfonamides is 1. The molecule has 0 fully saturated rings. The summed E-state index contributed by atoms with van der Waals surface area (Å²) in [4.78, 5) is 29.4. The Bertz CT molecular complexity index is 1340. The van der Waals surface area contributed by atoms with Gasteiger partial charge in [-0.05, 0) is 48.9 Å². The lowest BCUT2D eigenvalue weighted by Gasteiger charge is -2.15. The first-order valence-electron chi connectivity index (χ1n) is 10.5. The first kappa shape index (κ1) is 25.7. The number of para-hydroxylation sites is 2. The van der Waals surface area contributed by atoms with Crippen LogP contribution >= 0.6 is 0 Å². The third kappa shape index (κ3) is 6.14. The Hall–Kier alpha value is -3.96. The largest absolute Gasteiger partial charge is 0.495 e. The zero-order valence-electron chi connectivity index (χ0n) is 19.7. The van der Waals surface area contributed by atoms with Gasteiger partial charge in [0, 0.05) is 26.0 Å². The molecular formula is C24H26N4O6S. The van der Waals surface area contributed by atoms with Crippen molar-refractivity contribution in [3.8, 4) is 5.75 Å². The number of pyridine rings is 1. The van der Waals surface area contributed by atoms with E-state index < -0.39 is 28.5 Å². The van der Waals surface area contributed by atoms with E-state index in [9.17, 15) is 18.0 Å². The van der Waals surface area contributed by atoms with Crippen LogP contribution in [0, 0.1) is 6.92 Å². The molecule has 0 atom stereocenters. The summed E-state index contributed by atoms with van der Waals surface area (Å²) in [6.07, 6.45) is 1.51. The molecule has 0 aliphatic rings. The monoisotopic (exact) mass is 498 g/mol. The molecule has 1 amide bonds. The van der Waals surface area contributed by atoms with Crippen molar-refractivity contribution < 1.29 is 27.5 Å². The topological polar surface area (TPSA) is 127 Å². The van der Waals surface area contributed by atoms with Crippen LogP contribution in [0.2, 0.25) is 0 Å². The third-order valence-electron chi connectivity index (χ3n) is 4.98. The minimum atomic E-state index is -3.68. The van der Waals surface area contributed by atoms with Crippen molar-refractivity contribution in [2.75, 3.05) is 38.4 Å². The molecule has 0 spiro atoms. The summed E-state index contributed by atoms with van der Waals surface area (Å²) in [5.74, 6) is -0.583. The number of hydrogen-bond acceptors (Lipinski definition) is 8. The van der Waals surface area contributed by atoms with Crippen molar-refractivity contribution in [3.05, 3.63) is 71.9 Å². The maximum Gasteiger partial charge on any atom is 0.342 e. The molecule has 0 saturated heterocycles. The Morgan fingerprint density at radius 2 is 1.77 bits per heavy atom. The number of nitrogens with zero attached hydrogens (tertiary/aromatic N) is 2. The number of carbonyl (C=O) groups is 2. The maximum atomic E-state index is 12.7. The van der Waals surface area contributed by atoms with Crippen molar-refractivity contribution in [2.45, 2.75) is 11.8 Å². The van der Waals surface area contributed by atoms with E-state index >= 15 is 0 Å². The average Bonchev–Trinajstić information content (AvgIpc) is 2.84. The molecule has 184 valence electrons. The highest BCUT2D eigenvalue weighted by molar-refractivity contribution is 7.89. The molecule has 11 heteroatoms. The fraction of sp³-hybridized carbons (Fsp3) is 0.208. The number of benzene rings is 2. The summed E-state index contributed by atoms with van der Waals surface area (Å²) < 4.78 is 36.3. The number of ether oxygens (including phenoxy) is 2. The van der Waals surface area contributed by atoms with Crippen LogP contribution in [0.3, 0.4) is 0 Å². The van der Waals surface area contributed by atoms with Gasteiger partial charge in [0.05, 0.1) is 17.7 Å². The zero-order chi connectivity index (χ0) is 25.6. The molecule has 2 N–H and O–H groups in total. The molecule has 1 heterocycles. The molecule has 0 radical (unpaired) electrons. The average molecular weight is 499 g/mol. The Kier molecular flexibility index (Phi) is 8.05. The van der Waals surface area contributed by atoms with Crippen LogP contribution in [0.15, 0.2) is 65.7 Å². The van der Waals surface area contributed by atoms with Gasteiger partial charge in [-0.1, -0.05) is 18.2 Å². The number of carbonyl (C=O) groups excluding carboxylic acids is 2. The highest BCUT2D eigenvalue weighted by atomic mass is 32.2. The summed E-state index contributed by atoms with van der Waals surface area (Å²) in [5, 5.41) is 5.63. The van der Waals surface area contributed by atoms with E-state index in [2.05, 4.69) is 15.6 Å². The Labute approximate surface area is 203 Å². The highest BCUT2D eigenvalue weighted by Gasteiger charge is 2.20. The van der Waals surface area contributed by atoms with Gasteiger partial charge in [-0.2, -0.15) is 0 Å². The normalized spacial score (nSPS) is 11.1. The maximum absolute atomic E-state index is 12.7. The number of anilines is 3. The van der Waals surface area contributed by atoms with Crippen LogP contribution in [-0.4, -0.2) is 57.4 Å². The second-order valence-corrected chi connectivity index (χ2v) is 9.77. The molecule has 0 aliphatic heterocycles. The van der Waals surface area contributed by atoms with Crippen molar-refractivity contribution >= 4 is 39.1 Å². The number of aryl methyl sites for hydroxylation is 1. The fourth-order valence-corrected chi connectivity index (χ4v) is 3.98. The SMILES string of the molecule is COc1ccccc1Nc1ncccc1C(=O)OCC(=O)Nc1cc(S(=O)(=O)N(C)C)ccc1C. The molecule has 0 bridgehead atoms. The Balaban J connectivity index is 1.70. The summed E-state index contributed by atoms with van der Waals surface area (Å²) in [6.45, 7) is 1.14. The van der Waals surface area contributed by atoms with E-state index in [0.717, 1.165) is 4.31 Å². The fourth-order valence-electron chi connectivity index (χ4n) is 3.05. The van der Waals surface area contributed by atoms with Crippen LogP contribution in [-0.2, 0) is 19.6 Å². The van der Waals surface area contributed by atoms with Gasteiger partial charge in [-0.15, -0.1) is 0 Å². The van der Waals surface area contributed by atoms with Gasteiger partial charge in [0.2, 0.25) is 10.0 Å². The number of hydrogen-bond donors (Lipinski definition) is 2. The predicted molar refractivity (Wildman–Crippen MR) is 131 cm³/mol. The van der Waals surface area contributed by atoms with E-state index in [1.54, 1.807) is 37.3 Å². The van der Waals surface area contributed by atoms with Gasteiger partial charge in [-0.25, -0.2) is 22.5 Å². The number of rotatable bonds is 9. The van der Waals surface area contributed by atoms with Gasteiger partial charge in [-0.3, -0.25) is 4.79 Å². The second-order valence-electron chi connectivity index (χ2n) is 7.61. The standard InChI is InChI=1S/C24H26N4O6S/c1-16-11-12-17(35(31,32)28(2)3)14-20(16)26-22(29)15-34-24(30)18-8-7-13-25-23(18)27-19-9-5-6-10-21(19)33-4/h5-14H,15H2,1-4H3,(H,25,27)(H,26,29). The summed E-state index contributed by atoms with van der Waals surface area (Å²) in [7, 11) is 0.690. The summed E-state index contributed by atoms with van der Waals surface area (Å²) in [5.41, 5.74) is 1.68. The molecule has 10 nitrogen and oxygen atoms in total. The molecule has 0 saturated carbocycles. The summed E-state index contributed by atoms with van der Waals surface area (Å²) in [6, 6.07) is 14.6. The number of amides is 1. The second kappa shape index (κ2) is 11.0. The third-order valence-corrected chi connectivity index (χ3v) is 6.79. The van der Waals surface area contributed by atoms with Gasteiger partial charge < -0.3 is 20.1 Å². The molecule has 0 aliphatic carbocycles. The van der Waals surface area contributed by atoms with Crippen molar-refractivity contribution in [1.29, 1.82) is 0 Å². The quantitative estimate of drug-likeness (QED) is 0.431. The Morgan fingerprint density at radius 1 is 1.03 bits per heavy atom. The van der Waals surface area contributed by atoms with Crippen LogP contribution in [0.5, 0.6) is 5.75 Å². The van der Waals surface area contributed by atoms with Crippen LogP contribution < -0.4 is 15.4 Å². The van der Waals surface area contributed by atoms with Gasteiger partial charge in [0.25, 0.3) is 5.91 Å². The molecule has 3 rings (SSSR count). The molecule has 2 aromatic carbocycles. The molecular weight excluding hydrogens is 472 g/mol. The predicted octanol–water partition coefficient (Wildman–Crippen LogP) is 3.19. The van der Waals surface area contributed by atoms with E-state index in [1.807, 2.05) is 6.07 Å². The summed E-state index contributed by atoms with van der Waals surface area (Å²) >= 11 is 0. The lowest BCUT2D eigenvalue weighted by molar-refractivity contribution is -0.119. The minimum absolute atomic E-state index is 0.0304. The van der Waals surface area contributed by atoms with E-state index in [-0.39, 0.29) is 16.3 Å². The van der Waals surface area contributed by atoms with Crippen LogP contribution in [0.4, 0.5) is 17.2 Å². The molecule has 3 aromatic rings. The molecule has 35 heavy (non-hydrogen) atoms. The highest BCUT2D eigenvalue weighted by Crippen LogP contribution is 2.28. The number of nitrogens with one attached hydrogen (secondary N) is 2. The number of aromatic nitrogens is 1. The van der Waals surface area contributed by atoms with Crippen LogP contribution in [0.25, 0.3) is 0 Å². The van der Waals surface area contributed by atoms with E-state index in [4.69, 9.17) is 9.47 Å². The van der Waals surface area contributed by atoms with Crippen LogP contribution in [0.1, 0.15) is 15.9 Å². The minimum Gasteiger partial charge on any atom is -0.495 e. The van der Waals surface area contributed by atoms with E-state index in [1.165, 1.54) is 45.6 Å². The lowest BCUT2D eigenvalue weighted by Crippen LogP contribution is -2.24. The van der Waals surface area contributed by atoms with Gasteiger partial charge in [0.1, 0.15) is 17.1 Å². The lowest BCUT2D eigenvalue weighted by atomic mass is 10.2. The smallest absolute Gasteiger partial charge is 0.342 e. The van der Waals surface area contributed by atoms with Crippen molar-refractivity contribution in [3.63, 3.8) is 0 Å². The van der Waals surface area contributed by atoms with Crippen molar-refractivity contribution in [1.82, 2.24) is 9.29 Å². The van der Waals surface area contributed by atoms with Gasteiger partial charge in [0.15, 0.2) is 6.61 Å². The number of esters is 1. The first-order chi connectivity index (χ1) is 16.6. The first-order valence-corrected chi connectivity index (χ1v) is 11.9. The number of methoxy groups -OCH3 is 1. The zero-order valence-corrected chi connectivity index (χ0v) is 20.5. The Morgan fingerprint density at radius 3 is 2.49 bits per heavy atom. The van der Waals surface area contributed by atoms with E-state index in [0.29, 0.717) is 22.7 Å². The van der Waals surface area contributed by atoms with Gasteiger partial charge >= 0.3 is 5.97 Å². The molecule has 1 aromatic heterocycles. The molecule has 0 unspecified atom stereocenters.